The van der Waals surface area contributed by atoms with Crippen LogP contribution in [0.5, 0.6) is 5.75 Å². The van der Waals surface area contributed by atoms with E-state index in [1.165, 1.54) is 18.3 Å². The Kier molecular flexibility index (Phi) is 6.57. The lowest BCUT2D eigenvalue weighted by Gasteiger charge is -2.08. The predicted molar refractivity (Wildman–Crippen MR) is 103 cm³/mol. The quantitative estimate of drug-likeness (QED) is 0.598. The summed E-state index contributed by atoms with van der Waals surface area (Å²) in [6.07, 6.45) is 1.84. The van der Waals surface area contributed by atoms with Gasteiger partial charge >= 0.3 is 0 Å². The number of carbonyl (C=O) groups excluding carboxylic acids is 2. The molecular formula is C21H20FN3O4. The van der Waals surface area contributed by atoms with Crippen LogP contribution in [0.25, 0.3) is 11.3 Å². The number of carbonyl (C=O) groups is 2. The molecule has 0 saturated heterocycles. The van der Waals surface area contributed by atoms with Gasteiger partial charge in [0.25, 0.3) is 5.91 Å². The zero-order chi connectivity index (χ0) is 20.6. The van der Waals surface area contributed by atoms with Crippen LogP contribution in [0.3, 0.4) is 0 Å². The monoisotopic (exact) mass is 397 g/mol. The molecule has 150 valence electrons. The van der Waals surface area contributed by atoms with E-state index < -0.39 is 11.8 Å². The SMILES string of the molecule is Cc1ccc(OCC(=O)NNC(=O)CCc2ncc(-c3ccc(F)cc3)o2)cc1. The second-order valence-corrected chi connectivity index (χ2v) is 6.32. The van der Waals surface area contributed by atoms with Crippen molar-refractivity contribution in [3.63, 3.8) is 0 Å². The van der Waals surface area contributed by atoms with Crippen molar-refractivity contribution in [2.45, 2.75) is 19.8 Å². The fourth-order valence-corrected chi connectivity index (χ4v) is 2.42. The van der Waals surface area contributed by atoms with E-state index in [1.54, 1.807) is 24.3 Å². The van der Waals surface area contributed by atoms with Crippen LogP contribution in [0.4, 0.5) is 4.39 Å². The Balaban J connectivity index is 1.38. The van der Waals surface area contributed by atoms with Crippen LogP contribution in [0.15, 0.2) is 59.1 Å². The molecule has 1 heterocycles. The summed E-state index contributed by atoms with van der Waals surface area (Å²) < 4.78 is 23.9. The van der Waals surface area contributed by atoms with Crippen LogP contribution in [-0.2, 0) is 16.0 Å². The summed E-state index contributed by atoms with van der Waals surface area (Å²) in [6, 6.07) is 13.1. The highest BCUT2D eigenvalue weighted by Gasteiger charge is 2.10. The van der Waals surface area contributed by atoms with E-state index in [0.29, 0.717) is 23.0 Å². The number of halogens is 1. The van der Waals surface area contributed by atoms with Crippen LogP contribution < -0.4 is 15.6 Å². The van der Waals surface area contributed by atoms with Gasteiger partial charge in [0, 0.05) is 18.4 Å². The molecule has 8 heteroatoms. The average molecular weight is 397 g/mol. The van der Waals surface area contributed by atoms with Crippen molar-refractivity contribution in [2.75, 3.05) is 6.61 Å². The van der Waals surface area contributed by atoms with Crippen molar-refractivity contribution >= 4 is 11.8 Å². The summed E-state index contributed by atoms with van der Waals surface area (Å²) in [5, 5.41) is 0. The first kappa shape index (κ1) is 20.1. The molecule has 0 unspecified atom stereocenters. The lowest BCUT2D eigenvalue weighted by Crippen LogP contribution is -2.43. The molecule has 29 heavy (non-hydrogen) atoms. The minimum Gasteiger partial charge on any atom is -0.484 e. The minimum absolute atomic E-state index is 0.0719. The Labute approximate surface area is 166 Å². The van der Waals surface area contributed by atoms with E-state index in [0.717, 1.165) is 5.56 Å². The molecule has 3 rings (SSSR count). The first-order valence-corrected chi connectivity index (χ1v) is 8.97. The maximum atomic E-state index is 13.0. The normalized spacial score (nSPS) is 10.4. The largest absolute Gasteiger partial charge is 0.484 e. The molecule has 0 aliphatic heterocycles. The summed E-state index contributed by atoms with van der Waals surface area (Å²) in [7, 11) is 0. The maximum Gasteiger partial charge on any atom is 0.276 e. The second-order valence-electron chi connectivity index (χ2n) is 6.32. The Bertz CT molecular complexity index is 968. The van der Waals surface area contributed by atoms with Gasteiger partial charge in [0.2, 0.25) is 5.91 Å². The van der Waals surface area contributed by atoms with E-state index in [-0.39, 0.29) is 25.3 Å². The lowest BCUT2D eigenvalue weighted by atomic mass is 10.2. The molecule has 0 spiro atoms. The van der Waals surface area contributed by atoms with Gasteiger partial charge in [-0.3, -0.25) is 20.4 Å². The van der Waals surface area contributed by atoms with Gasteiger partial charge in [0.1, 0.15) is 11.6 Å². The van der Waals surface area contributed by atoms with Crippen LogP contribution in [0, 0.1) is 12.7 Å². The van der Waals surface area contributed by atoms with E-state index in [1.807, 2.05) is 19.1 Å². The standard InChI is InChI=1S/C21H20FN3O4/c1-14-2-8-17(9-3-14)28-13-20(27)25-24-19(26)10-11-21-23-12-18(29-21)15-4-6-16(22)7-5-15/h2-9,12H,10-11,13H2,1H3,(H,24,26)(H,25,27). The third-order valence-electron chi connectivity index (χ3n) is 3.98. The Morgan fingerprint density at radius 2 is 1.72 bits per heavy atom. The predicted octanol–water partition coefficient (Wildman–Crippen LogP) is 2.95. The van der Waals surface area contributed by atoms with Crippen LogP contribution in [0.2, 0.25) is 0 Å². The molecule has 2 N–H and O–H groups in total. The summed E-state index contributed by atoms with van der Waals surface area (Å²) in [5.74, 6) is 0.216. The van der Waals surface area contributed by atoms with Crippen LogP contribution >= 0.6 is 0 Å². The summed E-state index contributed by atoms with van der Waals surface area (Å²) in [4.78, 5) is 27.7. The van der Waals surface area contributed by atoms with Gasteiger partial charge < -0.3 is 9.15 Å². The van der Waals surface area contributed by atoms with Crippen molar-refractivity contribution in [3.8, 4) is 17.1 Å². The third-order valence-corrected chi connectivity index (χ3v) is 3.98. The van der Waals surface area contributed by atoms with Crippen molar-refractivity contribution in [1.82, 2.24) is 15.8 Å². The number of nitrogens with zero attached hydrogens (tertiary/aromatic N) is 1. The van der Waals surface area contributed by atoms with Gasteiger partial charge in [-0.05, 0) is 43.3 Å². The maximum absolute atomic E-state index is 13.0. The molecule has 2 aromatic carbocycles. The van der Waals surface area contributed by atoms with Crippen LogP contribution in [0.1, 0.15) is 17.9 Å². The molecule has 0 atom stereocenters. The first-order chi connectivity index (χ1) is 14.0. The van der Waals surface area contributed by atoms with Crippen molar-refractivity contribution in [3.05, 3.63) is 72.0 Å². The number of hydrazine groups is 1. The minimum atomic E-state index is -0.478. The number of aromatic nitrogens is 1. The fraction of sp³-hybridized carbons (Fsp3) is 0.190. The number of hydrogen-bond donors (Lipinski definition) is 2. The Morgan fingerprint density at radius 3 is 2.45 bits per heavy atom. The van der Waals surface area contributed by atoms with E-state index >= 15 is 0 Å². The molecule has 0 saturated carbocycles. The van der Waals surface area contributed by atoms with Gasteiger partial charge in [-0.2, -0.15) is 0 Å². The lowest BCUT2D eigenvalue weighted by molar-refractivity contribution is -0.130. The Hall–Kier alpha value is -3.68. The van der Waals surface area contributed by atoms with Gasteiger partial charge in [-0.25, -0.2) is 9.37 Å². The molecule has 0 aliphatic rings. The third kappa shape index (κ3) is 6.17. The average Bonchev–Trinajstić information content (AvgIpc) is 3.20. The second kappa shape index (κ2) is 9.50. The molecule has 1 aromatic heterocycles. The van der Waals surface area contributed by atoms with Gasteiger partial charge in [0.05, 0.1) is 6.20 Å². The molecule has 0 radical (unpaired) electrons. The highest BCUT2D eigenvalue weighted by atomic mass is 19.1. The zero-order valence-corrected chi connectivity index (χ0v) is 15.8. The molecule has 2 amide bonds. The van der Waals surface area contributed by atoms with Crippen molar-refractivity contribution in [1.29, 1.82) is 0 Å². The number of ether oxygens (including phenoxy) is 1. The molecule has 0 aliphatic carbocycles. The number of oxazole rings is 1. The number of benzene rings is 2. The topological polar surface area (TPSA) is 93.5 Å². The van der Waals surface area contributed by atoms with Gasteiger partial charge in [-0.1, -0.05) is 17.7 Å². The summed E-state index contributed by atoms with van der Waals surface area (Å²) in [5.41, 5.74) is 6.38. The fourth-order valence-electron chi connectivity index (χ4n) is 2.42. The number of hydrogen-bond acceptors (Lipinski definition) is 5. The summed E-state index contributed by atoms with van der Waals surface area (Å²) >= 11 is 0. The smallest absolute Gasteiger partial charge is 0.276 e. The number of aryl methyl sites for hydroxylation is 2. The van der Waals surface area contributed by atoms with Gasteiger partial charge in [-0.15, -0.1) is 0 Å². The zero-order valence-electron chi connectivity index (χ0n) is 15.8. The van der Waals surface area contributed by atoms with Crippen LogP contribution in [-0.4, -0.2) is 23.4 Å². The van der Waals surface area contributed by atoms with E-state index in [9.17, 15) is 14.0 Å². The van der Waals surface area contributed by atoms with E-state index in [2.05, 4.69) is 15.8 Å². The summed E-state index contributed by atoms with van der Waals surface area (Å²) in [6.45, 7) is 1.73. The van der Waals surface area contributed by atoms with E-state index in [4.69, 9.17) is 9.15 Å². The number of nitrogens with one attached hydrogen (secondary N) is 2. The molecule has 0 fully saturated rings. The van der Waals surface area contributed by atoms with Crippen molar-refractivity contribution in [2.24, 2.45) is 0 Å². The molecule has 7 nitrogen and oxygen atoms in total. The van der Waals surface area contributed by atoms with Gasteiger partial charge in [0.15, 0.2) is 18.3 Å². The molecule has 0 bridgehead atoms. The molecule has 3 aromatic rings. The highest BCUT2D eigenvalue weighted by molar-refractivity contribution is 5.82. The molecular weight excluding hydrogens is 377 g/mol. The highest BCUT2D eigenvalue weighted by Crippen LogP contribution is 2.21. The Morgan fingerprint density at radius 1 is 1.03 bits per heavy atom. The first-order valence-electron chi connectivity index (χ1n) is 8.97. The number of rotatable bonds is 7. The van der Waals surface area contributed by atoms with Crippen molar-refractivity contribution < 1.29 is 23.1 Å². The number of amides is 2.